The van der Waals surface area contributed by atoms with Gasteiger partial charge >= 0.3 is 0 Å². The van der Waals surface area contributed by atoms with Gasteiger partial charge in [-0.25, -0.2) is 4.39 Å². The normalized spacial score (nSPS) is 11.2. The topological polar surface area (TPSA) is 39.9 Å². The summed E-state index contributed by atoms with van der Waals surface area (Å²) in [5.74, 6) is 2.29. The van der Waals surface area contributed by atoms with Gasteiger partial charge < -0.3 is 9.30 Å². The second-order valence-electron chi connectivity index (χ2n) is 7.21. The summed E-state index contributed by atoms with van der Waals surface area (Å²) in [7, 11) is 0. The Morgan fingerprint density at radius 2 is 1.90 bits per heavy atom. The van der Waals surface area contributed by atoms with Crippen molar-refractivity contribution in [1.29, 1.82) is 0 Å². The van der Waals surface area contributed by atoms with E-state index < -0.39 is 0 Å². The fourth-order valence-electron chi connectivity index (χ4n) is 2.83. The number of hydrogen-bond acceptors (Lipinski definition) is 4. The lowest BCUT2D eigenvalue weighted by molar-refractivity contribution is 0.284. The fourth-order valence-corrected chi connectivity index (χ4v) is 4.12. The molecule has 0 saturated heterocycles. The second-order valence-corrected chi connectivity index (χ2v) is 8.56. The summed E-state index contributed by atoms with van der Waals surface area (Å²) in [4.78, 5) is 0. The van der Waals surface area contributed by atoms with Gasteiger partial charge in [0.05, 0.1) is 0 Å². The number of hydrogen-bond donors (Lipinski definition) is 0. The van der Waals surface area contributed by atoms with E-state index in [1.807, 2.05) is 12.1 Å². The number of benzene rings is 2. The van der Waals surface area contributed by atoms with E-state index in [9.17, 15) is 4.39 Å². The lowest BCUT2D eigenvalue weighted by Gasteiger charge is -2.13. The van der Waals surface area contributed by atoms with Gasteiger partial charge in [0.15, 0.2) is 11.0 Å². The molecule has 4 nitrogen and oxygen atoms in total. The molecule has 0 aliphatic rings. The van der Waals surface area contributed by atoms with Crippen molar-refractivity contribution in [2.45, 2.75) is 51.3 Å². The van der Waals surface area contributed by atoms with E-state index >= 15 is 0 Å². The highest BCUT2D eigenvalue weighted by molar-refractivity contribution is 7.98. The third-order valence-electron chi connectivity index (χ3n) is 4.41. The molecule has 0 atom stereocenters. The van der Waals surface area contributed by atoms with Crippen molar-refractivity contribution in [3.05, 3.63) is 70.3 Å². The van der Waals surface area contributed by atoms with Crippen LogP contribution in [0.4, 0.5) is 4.39 Å². The molecule has 154 valence electrons. The maximum Gasteiger partial charge on any atom is 0.191 e. The van der Waals surface area contributed by atoms with Crippen LogP contribution >= 0.6 is 23.4 Å². The number of thioether (sulfide) groups is 1. The van der Waals surface area contributed by atoms with Crippen LogP contribution < -0.4 is 4.74 Å². The first-order chi connectivity index (χ1) is 14.0. The minimum atomic E-state index is -0.335. The SMILES string of the molecule is CCc1ccc(OCc2nnc(SCc3ccc(F)cc3Cl)n2CC(C)C)cc1. The molecule has 3 aromatic rings. The van der Waals surface area contributed by atoms with Crippen LogP contribution in [-0.4, -0.2) is 14.8 Å². The fraction of sp³-hybridized carbons (Fsp3) is 0.364. The van der Waals surface area contributed by atoms with E-state index in [2.05, 4.69) is 47.7 Å². The zero-order chi connectivity index (χ0) is 20.8. The Bertz CT molecular complexity index is 944. The molecule has 0 bridgehead atoms. The first kappa shape index (κ1) is 21.7. The molecule has 0 radical (unpaired) electrons. The van der Waals surface area contributed by atoms with Gasteiger partial charge in [-0.15, -0.1) is 10.2 Å². The van der Waals surface area contributed by atoms with Crippen LogP contribution in [0.1, 0.15) is 37.7 Å². The Balaban J connectivity index is 1.71. The lowest BCUT2D eigenvalue weighted by Crippen LogP contribution is -2.12. The van der Waals surface area contributed by atoms with Crippen LogP contribution in [0.5, 0.6) is 5.75 Å². The van der Waals surface area contributed by atoms with Gasteiger partial charge in [-0.1, -0.05) is 62.3 Å². The largest absolute Gasteiger partial charge is 0.486 e. The molecule has 0 N–H and O–H groups in total. The summed E-state index contributed by atoms with van der Waals surface area (Å²) in [6.07, 6.45) is 1.00. The molecule has 0 aliphatic heterocycles. The van der Waals surface area contributed by atoms with Crippen LogP contribution in [0.2, 0.25) is 5.02 Å². The molecular weight excluding hydrogens is 409 g/mol. The highest BCUT2D eigenvalue weighted by Gasteiger charge is 2.15. The minimum absolute atomic E-state index is 0.335. The molecule has 1 aromatic heterocycles. The summed E-state index contributed by atoms with van der Waals surface area (Å²) in [5, 5.41) is 9.92. The van der Waals surface area contributed by atoms with Gasteiger partial charge in [0.2, 0.25) is 0 Å². The quantitative estimate of drug-likeness (QED) is 0.379. The molecule has 1 heterocycles. The van der Waals surface area contributed by atoms with Crippen molar-refractivity contribution in [2.24, 2.45) is 5.92 Å². The van der Waals surface area contributed by atoms with Crippen molar-refractivity contribution in [3.63, 3.8) is 0 Å². The number of aryl methyl sites for hydroxylation is 1. The first-order valence-electron chi connectivity index (χ1n) is 9.66. The zero-order valence-electron chi connectivity index (χ0n) is 16.9. The summed E-state index contributed by atoms with van der Waals surface area (Å²) >= 11 is 7.68. The average Bonchev–Trinajstić information content (AvgIpc) is 3.07. The van der Waals surface area contributed by atoms with E-state index in [0.29, 0.717) is 23.3 Å². The Morgan fingerprint density at radius 1 is 1.14 bits per heavy atom. The monoisotopic (exact) mass is 433 g/mol. The van der Waals surface area contributed by atoms with E-state index in [0.717, 1.165) is 35.3 Å². The smallest absolute Gasteiger partial charge is 0.191 e. The molecule has 0 fully saturated rings. The van der Waals surface area contributed by atoms with Crippen molar-refractivity contribution >= 4 is 23.4 Å². The van der Waals surface area contributed by atoms with E-state index in [4.69, 9.17) is 16.3 Å². The Kier molecular flexibility index (Phi) is 7.56. The molecule has 7 heteroatoms. The van der Waals surface area contributed by atoms with Gasteiger partial charge in [-0.2, -0.15) is 0 Å². The molecule has 29 heavy (non-hydrogen) atoms. The number of nitrogens with zero attached hydrogens (tertiary/aromatic N) is 3. The minimum Gasteiger partial charge on any atom is -0.486 e. The summed E-state index contributed by atoms with van der Waals surface area (Å²) in [5.41, 5.74) is 2.14. The van der Waals surface area contributed by atoms with Crippen molar-refractivity contribution in [2.75, 3.05) is 0 Å². The maximum atomic E-state index is 13.3. The lowest BCUT2D eigenvalue weighted by atomic mass is 10.2. The summed E-state index contributed by atoms with van der Waals surface area (Å²) in [6, 6.07) is 12.6. The third kappa shape index (κ3) is 5.97. The molecule has 3 rings (SSSR count). The standard InChI is InChI=1S/C22H25ClFN3OS/c1-4-16-5-9-19(10-6-16)28-13-21-25-26-22(27(21)12-15(2)3)29-14-17-7-8-18(24)11-20(17)23/h5-11,15H,4,12-14H2,1-3H3. The second kappa shape index (κ2) is 10.1. The van der Waals surface area contributed by atoms with Gasteiger partial charge in [-0.3, -0.25) is 0 Å². The number of halogens is 2. The van der Waals surface area contributed by atoms with Crippen LogP contribution in [0.3, 0.4) is 0 Å². The van der Waals surface area contributed by atoms with Crippen molar-refractivity contribution in [3.8, 4) is 5.75 Å². The van der Waals surface area contributed by atoms with E-state index in [1.54, 1.807) is 6.07 Å². The highest BCUT2D eigenvalue weighted by atomic mass is 35.5. The van der Waals surface area contributed by atoms with Crippen molar-refractivity contribution in [1.82, 2.24) is 14.8 Å². The molecule has 0 unspecified atom stereocenters. The maximum absolute atomic E-state index is 13.3. The molecule has 0 saturated carbocycles. The molecule has 0 aliphatic carbocycles. The van der Waals surface area contributed by atoms with Crippen LogP contribution in [0, 0.1) is 11.7 Å². The molecular formula is C22H25ClFN3OS. The Morgan fingerprint density at radius 3 is 2.55 bits per heavy atom. The number of ether oxygens (including phenoxy) is 1. The highest BCUT2D eigenvalue weighted by Crippen LogP contribution is 2.27. The average molecular weight is 434 g/mol. The van der Waals surface area contributed by atoms with E-state index in [1.165, 1.54) is 29.5 Å². The molecule has 0 amide bonds. The number of aromatic nitrogens is 3. The Labute approximate surface area is 180 Å². The van der Waals surface area contributed by atoms with Crippen molar-refractivity contribution < 1.29 is 9.13 Å². The zero-order valence-corrected chi connectivity index (χ0v) is 18.4. The van der Waals surface area contributed by atoms with Gasteiger partial charge in [0.25, 0.3) is 0 Å². The van der Waals surface area contributed by atoms with E-state index in [-0.39, 0.29) is 5.82 Å². The first-order valence-corrected chi connectivity index (χ1v) is 11.0. The van der Waals surface area contributed by atoms with Crippen LogP contribution in [0.25, 0.3) is 0 Å². The van der Waals surface area contributed by atoms with Gasteiger partial charge in [0, 0.05) is 17.3 Å². The van der Waals surface area contributed by atoms with Gasteiger partial charge in [0.1, 0.15) is 18.2 Å². The third-order valence-corrected chi connectivity index (χ3v) is 5.78. The predicted octanol–water partition coefficient (Wildman–Crippen LogP) is 6.16. The van der Waals surface area contributed by atoms with Gasteiger partial charge in [-0.05, 0) is 47.7 Å². The molecule has 2 aromatic carbocycles. The summed E-state index contributed by atoms with van der Waals surface area (Å²) in [6.45, 7) is 7.57. The van der Waals surface area contributed by atoms with Crippen LogP contribution in [-0.2, 0) is 25.3 Å². The number of rotatable bonds is 9. The predicted molar refractivity (Wildman–Crippen MR) is 116 cm³/mol. The summed E-state index contributed by atoms with van der Waals surface area (Å²) < 4.78 is 21.3. The van der Waals surface area contributed by atoms with Crippen LogP contribution in [0.15, 0.2) is 47.6 Å². The Hall–Kier alpha value is -2.05. The molecule has 0 spiro atoms.